The van der Waals surface area contributed by atoms with Crippen molar-refractivity contribution in [3.63, 3.8) is 0 Å². The fourth-order valence-corrected chi connectivity index (χ4v) is 3.71. The van der Waals surface area contributed by atoms with E-state index in [0.717, 1.165) is 19.4 Å². The fourth-order valence-electron chi connectivity index (χ4n) is 3.71. The van der Waals surface area contributed by atoms with Crippen LogP contribution in [0.4, 0.5) is 0 Å². The summed E-state index contributed by atoms with van der Waals surface area (Å²) in [6.45, 7) is 0.885. The summed E-state index contributed by atoms with van der Waals surface area (Å²) in [5, 5.41) is 0. The molecule has 1 nitrogen and oxygen atoms in total. The van der Waals surface area contributed by atoms with Gasteiger partial charge < -0.3 is 4.74 Å². The first kappa shape index (κ1) is 15.2. The van der Waals surface area contributed by atoms with Crippen LogP contribution in [0.1, 0.15) is 23.1 Å². The summed E-state index contributed by atoms with van der Waals surface area (Å²) < 4.78 is 5.64. The van der Waals surface area contributed by atoms with Crippen molar-refractivity contribution in [1.29, 1.82) is 0 Å². The molecule has 1 heterocycles. The Labute approximate surface area is 143 Å². The van der Waals surface area contributed by atoms with Crippen molar-refractivity contribution >= 4 is 0 Å². The second-order valence-electron chi connectivity index (χ2n) is 6.64. The van der Waals surface area contributed by atoms with Crippen molar-refractivity contribution < 1.29 is 4.74 Å². The lowest BCUT2D eigenvalue weighted by Crippen LogP contribution is -2.32. The molecule has 120 valence electrons. The molecule has 0 spiro atoms. The summed E-state index contributed by atoms with van der Waals surface area (Å²) in [6.07, 6.45) is 2.38. The summed E-state index contributed by atoms with van der Waals surface area (Å²) in [5.74, 6) is 0. The monoisotopic (exact) mass is 314 g/mol. The summed E-state index contributed by atoms with van der Waals surface area (Å²) in [7, 11) is 0. The standard InChI is InChI=1S/C23H22O/c1-4-10-19(11-5-1)16-23(17-22-18-24-22,20-12-6-2-7-13-20)21-14-8-3-9-15-21/h1-15,22H,16-18H2. The predicted molar refractivity (Wildman–Crippen MR) is 98.2 cm³/mol. The SMILES string of the molecule is c1ccc(CC(CC2CO2)(c2ccccc2)c2ccccc2)cc1. The van der Waals surface area contributed by atoms with Crippen LogP contribution < -0.4 is 0 Å². The molecule has 1 aliphatic rings. The van der Waals surface area contributed by atoms with Gasteiger partial charge in [-0.15, -0.1) is 0 Å². The van der Waals surface area contributed by atoms with Crippen LogP contribution >= 0.6 is 0 Å². The maximum Gasteiger partial charge on any atom is 0.0821 e. The molecule has 24 heavy (non-hydrogen) atoms. The number of rotatable bonds is 6. The van der Waals surface area contributed by atoms with E-state index >= 15 is 0 Å². The third-order valence-electron chi connectivity index (χ3n) is 4.98. The average molecular weight is 314 g/mol. The van der Waals surface area contributed by atoms with E-state index in [1.54, 1.807) is 0 Å². The minimum atomic E-state index is -0.0506. The number of epoxide rings is 1. The molecule has 0 amide bonds. The number of benzene rings is 3. The Hall–Kier alpha value is -2.38. The van der Waals surface area contributed by atoms with Gasteiger partial charge in [-0.25, -0.2) is 0 Å². The Bertz CT molecular complexity index is 721. The van der Waals surface area contributed by atoms with Crippen LogP contribution in [0.5, 0.6) is 0 Å². The Morgan fingerprint density at radius 2 is 1.17 bits per heavy atom. The highest BCUT2D eigenvalue weighted by Gasteiger charge is 2.40. The van der Waals surface area contributed by atoms with E-state index in [9.17, 15) is 0 Å². The zero-order valence-electron chi connectivity index (χ0n) is 13.8. The number of ether oxygens (including phenoxy) is 1. The molecule has 0 saturated carbocycles. The van der Waals surface area contributed by atoms with Gasteiger partial charge in [0.1, 0.15) is 0 Å². The van der Waals surface area contributed by atoms with Crippen molar-refractivity contribution in [3.05, 3.63) is 108 Å². The van der Waals surface area contributed by atoms with Crippen molar-refractivity contribution in [3.8, 4) is 0 Å². The van der Waals surface area contributed by atoms with Gasteiger partial charge in [-0.3, -0.25) is 0 Å². The Balaban J connectivity index is 1.85. The molecule has 1 fully saturated rings. The van der Waals surface area contributed by atoms with Crippen LogP contribution in [0.25, 0.3) is 0 Å². The lowest BCUT2D eigenvalue weighted by atomic mass is 9.67. The van der Waals surface area contributed by atoms with E-state index in [4.69, 9.17) is 4.74 Å². The molecule has 0 bridgehead atoms. The van der Waals surface area contributed by atoms with Crippen LogP contribution in [0.15, 0.2) is 91.0 Å². The third kappa shape index (κ3) is 3.13. The smallest absolute Gasteiger partial charge is 0.0821 e. The van der Waals surface area contributed by atoms with E-state index in [2.05, 4.69) is 91.0 Å². The van der Waals surface area contributed by atoms with Crippen LogP contribution in [0.3, 0.4) is 0 Å². The topological polar surface area (TPSA) is 12.5 Å². The van der Waals surface area contributed by atoms with Gasteiger partial charge in [0.25, 0.3) is 0 Å². The van der Waals surface area contributed by atoms with E-state index < -0.39 is 0 Å². The van der Waals surface area contributed by atoms with E-state index in [1.165, 1.54) is 16.7 Å². The molecule has 1 aliphatic heterocycles. The first-order chi connectivity index (χ1) is 11.9. The molecule has 1 saturated heterocycles. The maximum absolute atomic E-state index is 5.64. The van der Waals surface area contributed by atoms with Crippen molar-refractivity contribution in [2.75, 3.05) is 6.61 Å². The van der Waals surface area contributed by atoms with Gasteiger partial charge in [0.2, 0.25) is 0 Å². The zero-order valence-corrected chi connectivity index (χ0v) is 13.8. The Morgan fingerprint density at radius 1 is 0.708 bits per heavy atom. The molecule has 3 aromatic rings. The molecule has 0 N–H and O–H groups in total. The normalized spacial score (nSPS) is 16.8. The lowest BCUT2D eigenvalue weighted by molar-refractivity contribution is 0.343. The van der Waals surface area contributed by atoms with Crippen LogP contribution in [-0.2, 0) is 16.6 Å². The van der Waals surface area contributed by atoms with Crippen molar-refractivity contribution in [2.24, 2.45) is 0 Å². The molecule has 4 rings (SSSR count). The summed E-state index contributed by atoms with van der Waals surface area (Å²) in [5.41, 5.74) is 4.06. The summed E-state index contributed by atoms with van der Waals surface area (Å²) in [6, 6.07) is 32.6. The molecule has 1 unspecified atom stereocenters. The van der Waals surface area contributed by atoms with Gasteiger partial charge in [0.15, 0.2) is 0 Å². The molecular formula is C23H22O. The van der Waals surface area contributed by atoms with E-state index in [1.807, 2.05) is 0 Å². The lowest BCUT2D eigenvalue weighted by Gasteiger charge is -2.35. The highest BCUT2D eigenvalue weighted by molar-refractivity contribution is 5.42. The molecule has 1 atom stereocenters. The molecule has 3 aromatic carbocycles. The molecule has 0 radical (unpaired) electrons. The largest absolute Gasteiger partial charge is 0.373 e. The Kier molecular flexibility index (Phi) is 4.18. The summed E-state index contributed by atoms with van der Waals surface area (Å²) >= 11 is 0. The number of hydrogen-bond donors (Lipinski definition) is 0. The van der Waals surface area contributed by atoms with Gasteiger partial charge in [-0.1, -0.05) is 91.0 Å². The summed E-state index contributed by atoms with van der Waals surface area (Å²) in [4.78, 5) is 0. The number of hydrogen-bond acceptors (Lipinski definition) is 1. The Morgan fingerprint density at radius 3 is 1.62 bits per heavy atom. The molecular weight excluding hydrogens is 292 g/mol. The van der Waals surface area contributed by atoms with Crippen molar-refractivity contribution in [2.45, 2.75) is 24.4 Å². The highest BCUT2D eigenvalue weighted by Crippen LogP contribution is 2.42. The quantitative estimate of drug-likeness (QED) is 0.583. The van der Waals surface area contributed by atoms with Crippen LogP contribution in [0.2, 0.25) is 0 Å². The fraction of sp³-hybridized carbons (Fsp3) is 0.217. The average Bonchev–Trinajstić information content (AvgIpc) is 3.47. The highest BCUT2D eigenvalue weighted by atomic mass is 16.6. The predicted octanol–water partition coefficient (Wildman–Crippen LogP) is 5.00. The second-order valence-corrected chi connectivity index (χ2v) is 6.64. The molecule has 0 aliphatic carbocycles. The van der Waals surface area contributed by atoms with E-state index in [-0.39, 0.29) is 5.41 Å². The third-order valence-corrected chi connectivity index (χ3v) is 4.98. The minimum Gasteiger partial charge on any atom is -0.373 e. The van der Waals surface area contributed by atoms with Gasteiger partial charge >= 0.3 is 0 Å². The van der Waals surface area contributed by atoms with Gasteiger partial charge in [-0.05, 0) is 29.5 Å². The molecule has 1 heteroatoms. The van der Waals surface area contributed by atoms with Crippen LogP contribution in [0, 0.1) is 0 Å². The first-order valence-corrected chi connectivity index (χ1v) is 8.63. The van der Waals surface area contributed by atoms with Gasteiger partial charge in [-0.2, -0.15) is 0 Å². The molecule has 0 aromatic heterocycles. The van der Waals surface area contributed by atoms with Gasteiger partial charge in [0, 0.05) is 5.41 Å². The first-order valence-electron chi connectivity index (χ1n) is 8.63. The van der Waals surface area contributed by atoms with E-state index in [0.29, 0.717) is 6.10 Å². The second kappa shape index (κ2) is 6.62. The van der Waals surface area contributed by atoms with Gasteiger partial charge in [0.05, 0.1) is 12.7 Å². The zero-order chi connectivity index (χ0) is 16.2. The van der Waals surface area contributed by atoms with Crippen molar-refractivity contribution in [1.82, 2.24) is 0 Å². The maximum atomic E-state index is 5.64. The minimum absolute atomic E-state index is 0.0506. The van der Waals surface area contributed by atoms with Crippen LogP contribution in [-0.4, -0.2) is 12.7 Å².